The molecule has 0 aliphatic carbocycles. The lowest BCUT2D eigenvalue weighted by atomic mass is 10.1. The molecule has 0 radical (unpaired) electrons. The van der Waals surface area contributed by atoms with Gasteiger partial charge in [0.1, 0.15) is 0 Å². The minimum Gasteiger partial charge on any atom is -0.481 e. The Kier molecular flexibility index (Phi) is 7.65. The lowest BCUT2D eigenvalue weighted by Gasteiger charge is -2.08. The Morgan fingerprint density at radius 1 is 1.32 bits per heavy atom. The lowest BCUT2D eigenvalue weighted by molar-refractivity contribution is 0.392. The van der Waals surface area contributed by atoms with Gasteiger partial charge in [-0.15, -0.1) is 24.0 Å². The molecule has 0 atom stereocenters. The topological polar surface area (TPSA) is 72.5 Å². The van der Waals surface area contributed by atoms with Crippen LogP contribution in [0.15, 0.2) is 47.6 Å². The van der Waals surface area contributed by atoms with Crippen LogP contribution in [0.5, 0.6) is 5.88 Å². The van der Waals surface area contributed by atoms with Gasteiger partial charge in [-0.25, -0.2) is 9.98 Å². The van der Waals surface area contributed by atoms with Crippen LogP contribution in [0, 0.1) is 0 Å². The van der Waals surface area contributed by atoms with E-state index in [4.69, 9.17) is 10.5 Å². The van der Waals surface area contributed by atoms with Crippen molar-refractivity contribution in [3.63, 3.8) is 0 Å². The minimum atomic E-state index is 0. The van der Waals surface area contributed by atoms with Crippen LogP contribution in [0.2, 0.25) is 0 Å². The van der Waals surface area contributed by atoms with Crippen LogP contribution < -0.4 is 15.8 Å². The maximum Gasteiger partial charge on any atom is 0.218 e. The molecule has 0 spiro atoms. The second-order valence-electron chi connectivity index (χ2n) is 4.55. The maximum atomic E-state index is 5.91. The largest absolute Gasteiger partial charge is 0.481 e. The van der Waals surface area contributed by atoms with Crippen LogP contribution in [-0.2, 0) is 13.0 Å². The second kappa shape index (κ2) is 9.24. The molecule has 1 aromatic carbocycles. The molecular weight excluding hydrogens is 391 g/mol. The maximum absolute atomic E-state index is 5.91. The number of aryl methyl sites for hydroxylation is 1. The molecule has 0 aliphatic heterocycles. The van der Waals surface area contributed by atoms with E-state index in [0.717, 1.165) is 17.7 Å². The molecule has 5 nitrogen and oxygen atoms in total. The third kappa shape index (κ3) is 5.18. The van der Waals surface area contributed by atoms with E-state index in [1.807, 2.05) is 24.3 Å². The predicted octanol–water partition coefficient (Wildman–Crippen LogP) is 3.20. The molecule has 3 N–H and O–H groups in total. The zero-order chi connectivity index (χ0) is 15.1. The number of aromatic nitrogens is 1. The highest BCUT2D eigenvalue weighted by Crippen LogP contribution is 2.15. The standard InChI is InChI=1S/C16H20N4O.HI/c1-3-12-6-4-8-14(10-12)20-16(17)19-11-13-7-5-9-18-15(13)21-2;/h4-10H,3,11H2,1-2H3,(H3,17,19,20);1H. The zero-order valence-electron chi connectivity index (χ0n) is 12.7. The molecule has 2 rings (SSSR count). The number of pyridine rings is 1. The number of halogens is 1. The van der Waals surface area contributed by atoms with E-state index < -0.39 is 0 Å². The highest BCUT2D eigenvalue weighted by atomic mass is 127. The Hall–Kier alpha value is -1.83. The third-order valence-corrected chi connectivity index (χ3v) is 3.07. The monoisotopic (exact) mass is 412 g/mol. The van der Waals surface area contributed by atoms with Gasteiger partial charge in [-0.3, -0.25) is 0 Å². The first-order valence-corrected chi connectivity index (χ1v) is 6.86. The molecule has 0 bridgehead atoms. The van der Waals surface area contributed by atoms with Crippen molar-refractivity contribution < 1.29 is 4.74 Å². The molecule has 118 valence electrons. The Balaban J connectivity index is 0.00000242. The van der Waals surface area contributed by atoms with Crippen LogP contribution in [0.4, 0.5) is 5.69 Å². The van der Waals surface area contributed by atoms with Crippen molar-refractivity contribution >= 4 is 35.6 Å². The number of hydrogen-bond acceptors (Lipinski definition) is 3. The van der Waals surface area contributed by atoms with Crippen molar-refractivity contribution in [2.24, 2.45) is 10.7 Å². The molecule has 1 heterocycles. The fourth-order valence-corrected chi connectivity index (χ4v) is 1.96. The SMILES string of the molecule is CCc1cccc(NC(N)=NCc2cccnc2OC)c1.I. The lowest BCUT2D eigenvalue weighted by Crippen LogP contribution is -2.22. The number of guanidine groups is 1. The van der Waals surface area contributed by atoms with E-state index in [2.05, 4.69) is 34.3 Å². The molecule has 0 unspecified atom stereocenters. The van der Waals surface area contributed by atoms with Gasteiger partial charge in [-0.05, 0) is 30.2 Å². The van der Waals surface area contributed by atoms with Crippen LogP contribution >= 0.6 is 24.0 Å². The summed E-state index contributed by atoms with van der Waals surface area (Å²) < 4.78 is 5.18. The molecule has 0 saturated carbocycles. The van der Waals surface area contributed by atoms with Crippen molar-refractivity contribution in [3.05, 3.63) is 53.7 Å². The van der Waals surface area contributed by atoms with E-state index in [0.29, 0.717) is 18.4 Å². The van der Waals surface area contributed by atoms with Gasteiger partial charge in [0.2, 0.25) is 5.88 Å². The molecule has 0 fully saturated rings. The zero-order valence-corrected chi connectivity index (χ0v) is 15.1. The molecule has 22 heavy (non-hydrogen) atoms. The number of rotatable bonds is 5. The van der Waals surface area contributed by atoms with Crippen LogP contribution in [0.1, 0.15) is 18.1 Å². The Morgan fingerprint density at radius 3 is 2.86 bits per heavy atom. The molecule has 0 aliphatic rings. The first-order chi connectivity index (χ1) is 10.2. The summed E-state index contributed by atoms with van der Waals surface area (Å²) in [7, 11) is 1.59. The van der Waals surface area contributed by atoms with Crippen molar-refractivity contribution in [1.29, 1.82) is 0 Å². The first-order valence-electron chi connectivity index (χ1n) is 6.86. The summed E-state index contributed by atoms with van der Waals surface area (Å²) in [4.78, 5) is 8.45. The number of benzene rings is 1. The van der Waals surface area contributed by atoms with E-state index in [-0.39, 0.29) is 24.0 Å². The minimum absolute atomic E-state index is 0. The van der Waals surface area contributed by atoms with Gasteiger partial charge in [0.25, 0.3) is 0 Å². The fraction of sp³-hybridized carbons (Fsp3) is 0.250. The summed E-state index contributed by atoms with van der Waals surface area (Å²) in [6.07, 6.45) is 2.67. The van der Waals surface area contributed by atoms with E-state index in [1.54, 1.807) is 13.3 Å². The number of aliphatic imine (C=N–C) groups is 1. The molecule has 2 aromatic rings. The smallest absolute Gasteiger partial charge is 0.218 e. The normalized spacial score (nSPS) is 10.7. The van der Waals surface area contributed by atoms with Crippen molar-refractivity contribution in [3.8, 4) is 5.88 Å². The summed E-state index contributed by atoms with van der Waals surface area (Å²) in [5.74, 6) is 0.941. The number of nitrogens with two attached hydrogens (primary N) is 1. The van der Waals surface area contributed by atoms with Crippen LogP contribution in [-0.4, -0.2) is 18.1 Å². The van der Waals surface area contributed by atoms with Gasteiger partial charge in [-0.2, -0.15) is 0 Å². The summed E-state index contributed by atoms with van der Waals surface area (Å²) >= 11 is 0. The number of nitrogens with zero attached hydrogens (tertiary/aromatic N) is 2. The van der Waals surface area contributed by atoms with Crippen molar-refractivity contribution in [2.75, 3.05) is 12.4 Å². The first kappa shape index (κ1) is 18.2. The quantitative estimate of drug-likeness (QED) is 0.450. The summed E-state index contributed by atoms with van der Waals surface area (Å²) in [6, 6.07) is 11.9. The summed E-state index contributed by atoms with van der Waals surface area (Å²) in [5.41, 5.74) is 9.00. The Bertz CT molecular complexity index is 631. The van der Waals surface area contributed by atoms with Crippen molar-refractivity contribution in [1.82, 2.24) is 4.98 Å². The van der Waals surface area contributed by atoms with E-state index >= 15 is 0 Å². The van der Waals surface area contributed by atoms with Gasteiger partial charge < -0.3 is 15.8 Å². The average Bonchev–Trinajstić information content (AvgIpc) is 2.53. The molecular formula is C16H21IN4O. The van der Waals surface area contributed by atoms with Gasteiger partial charge >= 0.3 is 0 Å². The summed E-state index contributed by atoms with van der Waals surface area (Å²) in [6.45, 7) is 2.54. The van der Waals surface area contributed by atoms with Crippen molar-refractivity contribution in [2.45, 2.75) is 19.9 Å². The van der Waals surface area contributed by atoms with E-state index in [9.17, 15) is 0 Å². The predicted molar refractivity (Wildman–Crippen MR) is 101 cm³/mol. The van der Waals surface area contributed by atoms with E-state index in [1.165, 1.54) is 5.56 Å². The highest BCUT2D eigenvalue weighted by Gasteiger charge is 2.02. The molecule has 6 heteroatoms. The van der Waals surface area contributed by atoms with Gasteiger partial charge in [0, 0.05) is 17.4 Å². The molecule has 0 saturated heterocycles. The second-order valence-corrected chi connectivity index (χ2v) is 4.55. The molecule has 0 amide bonds. The Morgan fingerprint density at radius 2 is 2.14 bits per heavy atom. The van der Waals surface area contributed by atoms with Crippen LogP contribution in [0.3, 0.4) is 0 Å². The molecule has 1 aromatic heterocycles. The average molecular weight is 412 g/mol. The number of methoxy groups -OCH3 is 1. The number of nitrogens with one attached hydrogen (secondary N) is 1. The fourth-order valence-electron chi connectivity index (χ4n) is 1.96. The number of hydrogen-bond donors (Lipinski definition) is 2. The van der Waals surface area contributed by atoms with Crippen LogP contribution in [0.25, 0.3) is 0 Å². The Labute approximate surface area is 148 Å². The summed E-state index contributed by atoms with van der Waals surface area (Å²) in [5, 5.41) is 3.09. The van der Waals surface area contributed by atoms with Gasteiger partial charge in [-0.1, -0.05) is 25.1 Å². The van der Waals surface area contributed by atoms with Gasteiger partial charge in [0.05, 0.1) is 13.7 Å². The highest BCUT2D eigenvalue weighted by molar-refractivity contribution is 14.0. The number of anilines is 1. The third-order valence-electron chi connectivity index (χ3n) is 3.07. The number of ether oxygens (including phenoxy) is 1. The van der Waals surface area contributed by atoms with Gasteiger partial charge in [0.15, 0.2) is 5.96 Å².